The van der Waals surface area contributed by atoms with E-state index in [2.05, 4.69) is 25.2 Å². The minimum absolute atomic E-state index is 0.0545. The molecule has 0 spiro atoms. The topological polar surface area (TPSA) is 45.0 Å². The predicted octanol–water partition coefficient (Wildman–Crippen LogP) is 3.26. The van der Waals surface area contributed by atoms with Crippen LogP contribution in [0.2, 0.25) is 0 Å². The fourth-order valence-electron chi connectivity index (χ4n) is 2.12. The number of hydrogen-bond donors (Lipinski definition) is 1. The quantitative estimate of drug-likeness (QED) is 0.846. The molecule has 1 aromatic carbocycles. The second kappa shape index (κ2) is 5.64. The van der Waals surface area contributed by atoms with Crippen molar-refractivity contribution in [2.75, 3.05) is 24.3 Å². The third-order valence-electron chi connectivity index (χ3n) is 3.09. The van der Waals surface area contributed by atoms with Crippen LogP contribution in [-0.2, 0) is 4.74 Å². The van der Waals surface area contributed by atoms with Crippen molar-refractivity contribution in [2.24, 2.45) is 0 Å². The van der Waals surface area contributed by atoms with Crippen LogP contribution in [0, 0.1) is 11.3 Å². The van der Waals surface area contributed by atoms with Crippen LogP contribution in [-0.4, -0.2) is 24.5 Å². The molecule has 0 saturated carbocycles. The van der Waals surface area contributed by atoms with Gasteiger partial charge in [-0.3, -0.25) is 0 Å². The van der Waals surface area contributed by atoms with Crippen molar-refractivity contribution >= 4 is 17.4 Å². The van der Waals surface area contributed by atoms with E-state index >= 15 is 0 Å². The van der Waals surface area contributed by atoms with Crippen LogP contribution in [0.1, 0.15) is 25.8 Å². The summed E-state index contributed by atoms with van der Waals surface area (Å²) in [7, 11) is 0. The largest absolute Gasteiger partial charge is 0.379 e. The molecule has 1 unspecified atom stereocenters. The van der Waals surface area contributed by atoms with E-state index in [0.717, 1.165) is 34.9 Å². The van der Waals surface area contributed by atoms with Gasteiger partial charge in [0.05, 0.1) is 23.4 Å². The molecule has 1 N–H and O–H groups in total. The van der Waals surface area contributed by atoms with Gasteiger partial charge in [0.1, 0.15) is 6.07 Å². The molecule has 3 nitrogen and oxygen atoms in total. The predicted molar refractivity (Wildman–Crippen MR) is 75.0 cm³/mol. The van der Waals surface area contributed by atoms with Crippen LogP contribution >= 0.6 is 11.8 Å². The molecule has 1 aliphatic rings. The molecule has 1 aliphatic heterocycles. The highest BCUT2D eigenvalue weighted by molar-refractivity contribution is 7.99. The van der Waals surface area contributed by atoms with Gasteiger partial charge in [-0.1, -0.05) is 13.0 Å². The number of thioether (sulfide) groups is 1. The normalized spacial score (nSPS) is 22.7. The number of nitrogens with one attached hydrogen (secondary N) is 1. The van der Waals surface area contributed by atoms with Gasteiger partial charge in [0.2, 0.25) is 0 Å². The molecule has 18 heavy (non-hydrogen) atoms. The molecule has 0 amide bonds. The van der Waals surface area contributed by atoms with E-state index in [1.807, 2.05) is 18.2 Å². The minimum Gasteiger partial charge on any atom is -0.379 e. The lowest BCUT2D eigenvalue weighted by Gasteiger charge is -2.26. The van der Waals surface area contributed by atoms with Gasteiger partial charge >= 0.3 is 0 Å². The number of anilines is 1. The zero-order valence-corrected chi connectivity index (χ0v) is 11.6. The van der Waals surface area contributed by atoms with Gasteiger partial charge in [-0.05, 0) is 31.2 Å². The SMILES string of the molecule is CCSc1cccc(NC2(C)CCOC2)c1C#N. The van der Waals surface area contributed by atoms with E-state index in [-0.39, 0.29) is 5.54 Å². The van der Waals surface area contributed by atoms with Crippen molar-refractivity contribution in [1.29, 1.82) is 5.26 Å². The van der Waals surface area contributed by atoms with E-state index < -0.39 is 0 Å². The molecule has 1 heterocycles. The van der Waals surface area contributed by atoms with Crippen LogP contribution in [0.25, 0.3) is 0 Å². The lowest BCUT2D eigenvalue weighted by atomic mass is 10.0. The van der Waals surface area contributed by atoms with Gasteiger partial charge in [-0.2, -0.15) is 5.26 Å². The molecule has 96 valence electrons. The number of hydrogen-bond acceptors (Lipinski definition) is 4. The Hall–Kier alpha value is -1.18. The van der Waals surface area contributed by atoms with Crippen molar-refractivity contribution in [3.8, 4) is 6.07 Å². The fourth-order valence-corrected chi connectivity index (χ4v) is 2.90. The number of nitriles is 1. The highest BCUT2D eigenvalue weighted by Gasteiger charge is 2.30. The van der Waals surface area contributed by atoms with Gasteiger partial charge in [-0.15, -0.1) is 11.8 Å². The zero-order chi connectivity index (χ0) is 13.0. The Balaban J connectivity index is 2.27. The monoisotopic (exact) mass is 262 g/mol. The lowest BCUT2D eigenvalue weighted by Crippen LogP contribution is -2.35. The number of ether oxygens (including phenoxy) is 1. The van der Waals surface area contributed by atoms with Gasteiger partial charge in [0.25, 0.3) is 0 Å². The van der Waals surface area contributed by atoms with Gasteiger partial charge in [-0.25, -0.2) is 0 Å². The van der Waals surface area contributed by atoms with E-state index in [1.54, 1.807) is 11.8 Å². The van der Waals surface area contributed by atoms with Crippen molar-refractivity contribution in [3.63, 3.8) is 0 Å². The summed E-state index contributed by atoms with van der Waals surface area (Å²) in [4.78, 5) is 1.05. The van der Waals surface area contributed by atoms with E-state index in [0.29, 0.717) is 6.61 Å². The molecule has 1 fully saturated rings. The number of benzene rings is 1. The van der Waals surface area contributed by atoms with Crippen LogP contribution in [0.5, 0.6) is 0 Å². The Morgan fingerprint density at radius 3 is 3.00 bits per heavy atom. The third-order valence-corrected chi connectivity index (χ3v) is 4.03. The summed E-state index contributed by atoms with van der Waals surface area (Å²) in [5, 5.41) is 12.8. The Bertz CT molecular complexity index is 461. The summed E-state index contributed by atoms with van der Waals surface area (Å²) in [6.07, 6.45) is 0.975. The average Bonchev–Trinajstić information content (AvgIpc) is 2.77. The maximum Gasteiger partial charge on any atom is 0.102 e. The number of rotatable bonds is 4. The molecule has 0 bridgehead atoms. The highest BCUT2D eigenvalue weighted by atomic mass is 32.2. The zero-order valence-electron chi connectivity index (χ0n) is 10.8. The van der Waals surface area contributed by atoms with Crippen LogP contribution in [0.3, 0.4) is 0 Å². The summed E-state index contributed by atoms with van der Waals surface area (Å²) >= 11 is 1.70. The standard InChI is InChI=1S/C14H18N2OS/c1-3-18-13-6-4-5-12(11(13)9-15)16-14(2)7-8-17-10-14/h4-6,16H,3,7-8,10H2,1-2H3. The van der Waals surface area contributed by atoms with Crippen LogP contribution in [0.15, 0.2) is 23.1 Å². The Morgan fingerprint density at radius 2 is 2.39 bits per heavy atom. The molecular formula is C14H18N2OS. The Morgan fingerprint density at radius 1 is 1.56 bits per heavy atom. The molecule has 1 aromatic rings. The van der Waals surface area contributed by atoms with Gasteiger partial charge < -0.3 is 10.1 Å². The minimum atomic E-state index is -0.0545. The second-order valence-corrected chi connectivity index (χ2v) is 6.02. The lowest BCUT2D eigenvalue weighted by molar-refractivity contribution is 0.185. The summed E-state index contributed by atoms with van der Waals surface area (Å²) in [6, 6.07) is 8.30. The van der Waals surface area contributed by atoms with Crippen LogP contribution < -0.4 is 5.32 Å². The first-order valence-corrected chi connectivity index (χ1v) is 7.19. The smallest absolute Gasteiger partial charge is 0.102 e. The van der Waals surface area contributed by atoms with Gasteiger partial charge in [0, 0.05) is 11.5 Å². The third kappa shape index (κ3) is 2.80. The molecule has 1 atom stereocenters. The van der Waals surface area contributed by atoms with E-state index in [4.69, 9.17) is 4.74 Å². The summed E-state index contributed by atoms with van der Waals surface area (Å²) in [6.45, 7) is 5.72. The maximum absolute atomic E-state index is 9.35. The summed E-state index contributed by atoms with van der Waals surface area (Å²) < 4.78 is 5.43. The summed E-state index contributed by atoms with van der Waals surface area (Å²) in [5.74, 6) is 0.971. The highest BCUT2D eigenvalue weighted by Crippen LogP contribution is 2.31. The molecule has 2 rings (SSSR count). The van der Waals surface area contributed by atoms with Crippen molar-refractivity contribution in [2.45, 2.75) is 30.7 Å². The Labute approximate surface area is 113 Å². The maximum atomic E-state index is 9.35. The van der Waals surface area contributed by atoms with Crippen molar-refractivity contribution in [1.82, 2.24) is 0 Å². The van der Waals surface area contributed by atoms with Gasteiger partial charge in [0.15, 0.2) is 0 Å². The van der Waals surface area contributed by atoms with E-state index in [1.165, 1.54) is 0 Å². The second-order valence-electron chi connectivity index (χ2n) is 4.71. The first kappa shape index (κ1) is 13.3. The molecule has 4 heteroatoms. The number of nitrogens with zero attached hydrogens (tertiary/aromatic N) is 1. The molecular weight excluding hydrogens is 244 g/mol. The van der Waals surface area contributed by atoms with Crippen molar-refractivity contribution < 1.29 is 4.74 Å². The molecule has 0 radical (unpaired) electrons. The van der Waals surface area contributed by atoms with Crippen molar-refractivity contribution in [3.05, 3.63) is 23.8 Å². The molecule has 1 saturated heterocycles. The first-order chi connectivity index (χ1) is 8.68. The Kier molecular flexibility index (Phi) is 4.15. The first-order valence-electron chi connectivity index (χ1n) is 6.20. The average molecular weight is 262 g/mol. The fraction of sp³-hybridized carbons (Fsp3) is 0.500. The molecule has 0 aromatic heterocycles. The van der Waals surface area contributed by atoms with E-state index in [9.17, 15) is 5.26 Å². The summed E-state index contributed by atoms with van der Waals surface area (Å²) in [5.41, 5.74) is 1.61. The van der Waals surface area contributed by atoms with Crippen LogP contribution in [0.4, 0.5) is 5.69 Å². The molecule has 0 aliphatic carbocycles.